The predicted octanol–water partition coefficient (Wildman–Crippen LogP) is 4.39. The quantitative estimate of drug-likeness (QED) is 0.700. The summed E-state index contributed by atoms with van der Waals surface area (Å²) in [5, 5.41) is 3.79. The topological polar surface area (TPSA) is 52.6 Å². The van der Waals surface area contributed by atoms with Crippen molar-refractivity contribution in [2.24, 2.45) is 0 Å². The first-order valence-corrected chi connectivity index (χ1v) is 9.70. The molecule has 3 aromatic rings. The molecular formula is C24H26N2O3. The molecule has 0 unspecified atom stereocenters. The molecular weight excluding hydrogens is 364 g/mol. The molecule has 5 heteroatoms. The third kappa shape index (κ3) is 3.78. The summed E-state index contributed by atoms with van der Waals surface area (Å²) in [6, 6.07) is 16.7. The maximum atomic E-state index is 5.56. The number of rotatable bonds is 5. The van der Waals surface area contributed by atoms with Crippen molar-refractivity contribution >= 4 is 0 Å². The fraction of sp³-hybridized carbons (Fsp3) is 0.292. The van der Waals surface area contributed by atoms with Crippen molar-refractivity contribution in [1.29, 1.82) is 0 Å². The number of fused-ring (bicyclic) bond motifs is 1. The van der Waals surface area contributed by atoms with Gasteiger partial charge in [-0.1, -0.05) is 18.2 Å². The van der Waals surface area contributed by atoms with Crippen molar-refractivity contribution in [3.05, 3.63) is 82.7 Å². The monoisotopic (exact) mass is 390 g/mol. The first kappa shape index (κ1) is 19.3. The summed E-state index contributed by atoms with van der Waals surface area (Å²) in [7, 11) is 5.02. The van der Waals surface area contributed by atoms with Gasteiger partial charge in [-0.05, 0) is 65.9 Å². The van der Waals surface area contributed by atoms with Crippen LogP contribution in [0.5, 0.6) is 17.2 Å². The number of hydrogen-bond donors (Lipinski definition) is 1. The van der Waals surface area contributed by atoms with E-state index in [-0.39, 0.29) is 12.1 Å². The Labute approximate surface area is 171 Å². The van der Waals surface area contributed by atoms with Gasteiger partial charge in [0, 0.05) is 6.20 Å². The molecule has 2 aromatic carbocycles. The molecule has 1 aliphatic heterocycles. The minimum Gasteiger partial charge on any atom is -0.497 e. The van der Waals surface area contributed by atoms with Gasteiger partial charge in [-0.15, -0.1) is 0 Å². The summed E-state index contributed by atoms with van der Waals surface area (Å²) in [6.45, 7) is 2.05. The van der Waals surface area contributed by atoms with Gasteiger partial charge in [0.25, 0.3) is 0 Å². The van der Waals surface area contributed by atoms with Crippen LogP contribution in [0.3, 0.4) is 0 Å². The molecule has 2 heterocycles. The SMILES string of the molecule is COc1ccc([C@H]2N[C@@H](c3ccc(C)cn3)Cc3cc(OC)c(OC)cc32)cc1. The van der Waals surface area contributed by atoms with Crippen molar-refractivity contribution in [1.82, 2.24) is 10.3 Å². The Hall–Kier alpha value is -3.05. The lowest BCUT2D eigenvalue weighted by Crippen LogP contribution is -2.34. The highest BCUT2D eigenvalue weighted by molar-refractivity contribution is 5.52. The van der Waals surface area contributed by atoms with Gasteiger partial charge >= 0.3 is 0 Å². The van der Waals surface area contributed by atoms with Crippen LogP contribution in [0.2, 0.25) is 0 Å². The van der Waals surface area contributed by atoms with Crippen LogP contribution < -0.4 is 19.5 Å². The molecule has 1 aliphatic rings. The fourth-order valence-corrected chi connectivity index (χ4v) is 3.90. The molecule has 0 spiro atoms. The molecule has 1 N–H and O–H groups in total. The molecule has 0 saturated carbocycles. The molecule has 0 aliphatic carbocycles. The summed E-state index contributed by atoms with van der Waals surface area (Å²) in [6.07, 6.45) is 2.75. The Morgan fingerprint density at radius 3 is 2.24 bits per heavy atom. The van der Waals surface area contributed by atoms with Crippen LogP contribution in [-0.2, 0) is 6.42 Å². The lowest BCUT2D eigenvalue weighted by Gasteiger charge is -2.34. The Kier molecular flexibility index (Phi) is 5.41. The van der Waals surface area contributed by atoms with E-state index in [0.717, 1.165) is 40.5 Å². The van der Waals surface area contributed by atoms with E-state index in [0.29, 0.717) is 0 Å². The standard InChI is InChI=1S/C24H26N2O3/c1-15-5-10-20(25-14-15)21-11-17-12-22(28-3)23(29-4)13-19(17)24(26-21)16-6-8-18(27-2)9-7-16/h5-10,12-14,21,24,26H,11H2,1-4H3/t21-,24-/m1/s1. The number of methoxy groups -OCH3 is 3. The Bertz CT molecular complexity index is 984. The smallest absolute Gasteiger partial charge is 0.161 e. The van der Waals surface area contributed by atoms with E-state index in [4.69, 9.17) is 14.2 Å². The first-order chi connectivity index (χ1) is 14.1. The first-order valence-electron chi connectivity index (χ1n) is 9.70. The molecule has 1 aromatic heterocycles. The highest BCUT2D eigenvalue weighted by Crippen LogP contribution is 2.41. The number of nitrogens with zero attached hydrogens (tertiary/aromatic N) is 1. The molecule has 150 valence electrons. The van der Waals surface area contributed by atoms with E-state index in [9.17, 15) is 0 Å². The van der Waals surface area contributed by atoms with Gasteiger partial charge in [-0.3, -0.25) is 10.3 Å². The summed E-state index contributed by atoms with van der Waals surface area (Å²) in [4.78, 5) is 4.67. The van der Waals surface area contributed by atoms with Crippen LogP contribution in [0.15, 0.2) is 54.7 Å². The van der Waals surface area contributed by atoms with Gasteiger partial charge in [0.2, 0.25) is 0 Å². The number of hydrogen-bond acceptors (Lipinski definition) is 5. The van der Waals surface area contributed by atoms with Crippen molar-refractivity contribution in [2.75, 3.05) is 21.3 Å². The average Bonchev–Trinajstić information content (AvgIpc) is 2.78. The zero-order valence-electron chi connectivity index (χ0n) is 17.2. The lowest BCUT2D eigenvalue weighted by atomic mass is 9.85. The molecule has 0 radical (unpaired) electrons. The van der Waals surface area contributed by atoms with E-state index >= 15 is 0 Å². The molecule has 0 bridgehead atoms. The number of ether oxygens (including phenoxy) is 3. The zero-order valence-corrected chi connectivity index (χ0v) is 17.2. The second-order valence-electron chi connectivity index (χ2n) is 7.30. The minimum absolute atomic E-state index is 0.0116. The van der Waals surface area contributed by atoms with Gasteiger partial charge in [0.15, 0.2) is 11.5 Å². The number of pyridine rings is 1. The molecule has 0 fully saturated rings. The Morgan fingerprint density at radius 1 is 0.897 bits per heavy atom. The number of benzene rings is 2. The fourth-order valence-electron chi connectivity index (χ4n) is 3.90. The van der Waals surface area contributed by atoms with Crippen LogP contribution in [0.4, 0.5) is 0 Å². The minimum atomic E-state index is 0.0116. The summed E-state index contributed by atoms with van der Waals surface area (Å²) in [5.41, 5.74) is 5.78. The third-order valence-corrected chi connectivity index (χ3v) is 5.49. The van der Waals surface area contributed by atoms with Crippen LogP contribution in [0.25, 0.3) is 0 Å². The number of aryl methyl sites for hydroxylation is 1. The van der Waals surface area contributed by atoms with E-state index in [1.807, 2.05) is 18.3 Å². The average molecular weight is 390 g/mol. The largest absolute Gasteiger partial charge is 0.497 e. The highest BCUT2D eigenvalue weighted by atomic mass is 16.5. The zero-order chi connectivity index (χ0) is 20.4. The van der Waals surface area contributed by atoms with Gasteiger partial charge in [0.05, 0.1) is 39.1 Å². The van der Waals surface area contributed by atoms with Gasteiger partial charge < -0.3 is 14.2 Å². The van der Waals surface area contributed by atoms with Crippen molar-refractivity contribution in [3.8, 4) is 17.2 Å². The van der Waals surface area contributed by atoms with E-state index < -0.39 is 0 Å². The second kappa shape index (κ2) is 8.13. The number of nitrogens with one attached hydrogen (secondary N) is 1. The van der Waals surface area contributed by atoms with Crippen LogP contribution in [0, 0.1) is 6.92 Å². The summed E-state index contributed by atoms with van der Waals surface area (Å²) in [5.74, 6) is 2.32. The summed E-state index contributed by atoms with van der Waals surface area (Å²) < 4.78 is 16.4. The molecule has 4 rings (SSSR count). The Morgan fingerprint density at radius 2 is 1.62 bits per heavy atom. The van der Waals surface area contributed by atoms with Gasteiger partial charge in [-0.25, -0.2) is 0 Å². The highest BCUT2D eigenvalue weighted by Gasteiger charge is 2.30. The molecule has 0 saturated heterocycles. The summed E-state index contributed by atoms with van der Waals surface area (Å²) >= 11 is 0. The van der Waals surface area contributed by atoms with E-state index in [2.05, 4.69) is 53.6 Å². The lowest BCUT2D eigenvalue weighted by molar-refractivity contribution is 0.350. The molecule has 0 amide bonds. The van der Waals surface area contributed by atoms with E-state index in [1.54, 1.807) is 21.3 Å². The van der Waals surface area contributed by atoms with E-state index in [1.165, 1.54) is 11.1 Å². The van der Waals surface area contributed by atoms with Crippen LogP contribution in [-0.4, -0.2) is 26.3 Å². The van der Waals surface area contributed by atoms with Crippen LogP contribution in [0.1, 0.15) is 40.0 Å². The van der Waals surface area contributed by atoms with Crippen molar-refractivity contribution in [2.45, 2.75) is 25.4 Å². The maximum absolute atomic E-state index is 5.56. The Balaban J connectivity index is 1.80. The van der Waals surface area contributed by atoms with Crippen molar-refractivity contribution < 1.29 is 14.2 Å². The normalized spacial score (nSPS) is 18.1. The maximum Gasteiger partial charge on any atom is 0.161 e. The second-order valence-corrected chi connectivity index (χ2v) is 7.30. The van der Waals surface area contributed by atoms with Gasteiger partial charge in [0.1, 0.15) is 5.75 Å². The molecule has 2 atom stereocenters. The van der Waals surface area contributed by atoms with Gasteiger partial charge in [-0.2, -0.15) is 0 Å². The number of aromatic nitrogens is 1. The van der Waals surface area contributed by atoms with Crippen LogP contribution >= 0.6 is 0 Å². The third-order valence-electron chi connectivity index (χ3n) is 5.49. The van der Waals surface area contributed by atoms with Crippen molar-refractivity contribution in [3.63, 3.8) is 0 Å². The molecule has 29 heavy (non-hydrogen) atoms. The predicted molar refractivity (Wildman–Crippen MR) is 113 cm³/mol. The molecule has 5 nitrogen and oxygen atoms in total.